The molecule has 0 unspecified atom stereocenters. The Morgan fingerprint density at radius 3 is 2.22 bits per heavy atom. The Balaban J connectivity index is 1.72. The molecule has 0 fully saturated rings. The van der Waals surface area contributed by atoms with Gasteiger partial charge >= 0.3 is 10.1 Å². The van der Waals surface area contributed by atoms with Gasteiger partial charge in [0.1, 0.15) is 22.7 Å². The number of sulfonamides is 1. The van der Waals surface area contributed by atoms with Crippen LogP contribution in [0.15, 0.2) is 75.6 Å². The van der Waals surface area contributed by atoms with E-state index < -0.39 is 37.7 Å². The van der Waals surface area contributed by atoms with E-state index >= 15 is 0 Å². The van der Waals surface area contributed by atoms with Crippen LogP contribution in [0.4, 0.5) is 14.5 Å². The van der Waals surface area contributed by atoms with E-state index in [4.69, 9.17) is 17.8 Å². The van der Waals surface area contributed by atoms with E-state index in [1.54, 1.807) is 0 Å². The average Bonchev–Trinajstić information content (AvgIpc) is 3.65. The van der Waals surface area contributed by atoms with E-state index in [-0.39, 0.29) is 73.2 Å². The summed E-state index contributed by atoms with van der Waals surface area (Å²) in [7, 11) is -4.13. The molecule has 6 aromatic rings. The first kappa shape index (κ1) is 33.4. The summed E-state index contributed by atoms with van der Waals surface area (Å²) in [4.78, 5) is 17.6. The van der Waals surface area contributed by atoms with Crippen LogP contribution in [0.25, 0.3) is 56.0 Å². The number of amides is 1. The number of ether oxygens (including phenoxy) is 1. The quantitative estimate of drug-likeness (QED) is 0.178. The van der Waals surface area contributed by atoms with Crippen LogP contribution in [0.5, 0.6) is 11.5 Å². The molecule has 12 nitrogen and oxygen atoms in total. The van der Waals surface area contributed by atoms with Gasteiger partial charge in [-0.25, -0.2) is 22.2 Å². The van der Waals surface area contributed by atoms with E-state index in [0.717, 1.165) is 16.8 Å². The first-order chi connectivity index (χ1) is 23.1. The summed E-state index contributed by atoms with van der Waals surface area (Å²) in [6, 6.07) is 15.0. The molecule has 1 N–H and O–H groups in total. The summed E-state index contributed by atoms with van der Waals surface area (Å²) in [5, 5.41) is 2.81. The molecule has 0 spiro atoms. The van der Waals surface area contributed by atoms with E-state index in [1.807, 2.05) is 0 Å². The monoisotopic (exact) mass is 711 g/mol. The molecule has 16 heteroatoms. The Bertz CT molecular complexity index is 2510. The number of carbonyl (C=O) groups excluding carboxylic acids is 1. The summed E-state index contributed by atoms with van der Waals surface area (Å²) < 4.78 is 103. The maximum Gasteiger partial charge on any atom is 0.306 e. The van der Waals surface area contributed by atoms with Crippen LogP contribution in [0, 0.1) is 11.6 Å². The predicted molar refractivity (Wildman–Crippen MR) is 179 cm³/mol. The lowest BCUT2D eigenvalue weighted by atomic mass is 9.96. The van der Waals surface area contributed by atoms with Gasteiger partial charge in [0, 0.05) is 36.7 Å². The number of halogens is 2. The molecule has 0 radical (unpaired) electrons. The largest absolute Gasteiger partial charge is 0.492 e. The average molecular weight is 712 g/mol. The van der Waals surface area contributed by atoms with Gasteiger partial charge in [-0.3, -0.25) is 9.10 Å². The minimum absolute atomic E-state index is 0.0352. The molecule has 254 valence electrons. The van der Waals surface area contributed by atoms with Crippen molar-refractivity contribution in [3.8, 4) is 45.4 Å². The molecule has 0 saturated carbocycles. The van der Waals surface area contributed by atoms with Crippen LogP contribution in [0.2, 0.25) is 0 Å². The molecule has 0 aliphatic heterocycles. The zero-order valence-corrected chi connectivity index (χ0v) is 28.1. The zero-order valence-electron chi connectivity index (χ0n) is 26.5. The summed E-state index contributed by atoms with van der Waals surface area (Å²) in [5.74, 6) is -2.26. The summed E-state index contributed by atoms with van der Waals surface area (Å²) in [6.45, 7) is 0. The van der Waals surface area contributed by atoms with Gasteiger partial charge < -0.3 is 23.1 Å². The fraction of sp³-hybridized carbons (Fsp3) is 0.152. The van der Waals surface area contributed by atoms with Crippen molar-refractivity contribution in [3.63, 3.8) is 0 Å². The zero-order chi connectivity index (χ0) is 35.4. The van der Waals surface area contributed by atoms with E-state index in [2.05, 4.69) is 10.3 Å². The minimum atomic E-state index is -4.17. The molecule has 0 atom stereocenters. The maximum absolute atomic E-state index is 14.6. The third kappa shape index (κ3) is 6.27. The number of rotatable bonds is 9. The number of anilines is 1. The molecule has 1 amide bonds. The Hall–Kier alpha value is -5.48. The second-order valence-electron chi connectivity index (χ2n) is 10.9. The van der Waals surface area contributed by atoms with Crippen LogP contribution in [-0.2, 0) is 20.1 Å². The number of carbonyl (C=O) groups is 1. The minimum Gasteiger partial charge on any atom is -0.492 e. The number of para-hydroxylation sites is 1. The number of hydrogen-bond acceptors (Lipinski definition) is 10. The van der Waals surface area contributed by atoms with Crippen molar-refractivity contribution in [3.05, 3.63) is 83.9 Å². The summed E-state index contributed by atoms with van der Waals surface area (Å²) >= 11 is 0. The predicted octanol–water partition coefficient (Wildman–Crippen LogP) is 5.96. The van der Waals surface area contributed by atoms with Gasteiger partial charge in [-0.2, -0.15) is 8.42 Å². The number of hydrogen-bond donors (Lipinski definition) is 1. The standard InChI is InChI=1S/C33H27F2N3O9S2/c1-36-32(39)28-21-15-20(24(38(2)48(4,40)41)16-26(21)45-30(28)17-9-11-19(34)12-10-17)18-13-22(31(44-3)27(14-18)47-49(5,42)43)33-37-29-23(35)7-6-8-25(29)46-33/h6-16H,1-5H3,(H,36,39). The number of methoxy groups -OCH3 is 1. The summed E-state index contributed by atoms with van der Waals surface area (Å²) in [5.41, 5.74) is 0.965. The number of benzene rings is 4. The molecule has 2 heterocycles. The lowest BCUT2D eigenvalue weighted by Crippen LogP contribution is -2.25. The van der Waals surface area contributed by atoms with Crippen molar-refractivity contribution in [2.45, 2.75) is 0 Å². The van der Waals surface area contributed by atoms with E-state index in [9.17, 15) is 30.4 Å². The van der Waals surface area contributed by atoms with Crippen LogP contribution < -0.4 is 18.5 Å². The van der Waals surface area contributed by atoms with Gasteiger partial charge in [0.2, 0.25) is 15.9 Å². The highest BCUT2D eigenvalue weighted by Gasteiger charge is 2.28. The van der Waals surface area contributed by atoms with Crippen molar-refractivity contribution >= 4 is 53.8 Å². The highest BCUT2D eigenvalue weighted by molar-refractivity contribution is 7.92. The van der Waals surface area contributed by atoms with Gasteiger partial charge in [-0.15, -0.1) is 0 Å². The molecule has 49 heavy (non-hydrogen) atoms. The Labute approximate surface area is 279 Å². The Morgan fingerprint density at radius 1 is 0.898 bits per heavy atom. The molecule has 0 aliphatic carbocycles. The van der Waals surface area contributed by atoms with Gasteiger partial charge in [0.25, 0.3) is 5.91 Å². The Morgan fingerprint density at radius 2 is 1.61 bits per heavy atom. The number of nitrogens with zero attached hydrogens (tertiary/aromatic N) is 2. The number of fused-ring (bicyclic) bond motifs is 2. The fourth-order valence-corrected chi connectivity index (χ4v) is 6.30. The lowest BCUT2D eigenvalue weighted by molar-refractivity contribution is 0.0964. The van der Waals surface area contributed by atoms with Crippen LogP contribution in [-0.4, -0.2) is 61.4 Å². The number of nitrogens with one attached hydrogen (secondary N) is 1. The van der Waals surface area contributed by atoms with Crippen molar-refractivity contribution in [1.82, 2.24) is 10.3 Å². The number of oxazole rings is 1. The van der Waals surface area contributed by atoms with Crippen LogP contribution in [0.1, 0.15) is 10.4 Å². The van der Waals surface area contributed by atoms with Gasteiger partial charge in [-0.1, -0.05) is 6.07 Å². The molecule has 2 aromatic heterocycles. The highest BCUT2D eigenvalue weighted by atomic mass is 32.2. The van der Waals surface area contributed by atoms with Crippen LogP contribution >= 0.6 is 0 Å². The number of furan rings is 1. The SMILES string of the molecule is CNC(=O)c1c(-c2ccc(F)cc2)oc2cc(N(C)S(C)(=O)=O)c(-c3cc(OS(C)(=O)=O)c(OC)c(-c4nc5c(F)cccc5o4)c3)cc12. The first-order valence-electron chi connectivity index (χ1n) is 14.3. The molecular formula is C33H27F2N3O9S2. The fourth-order valence-electron chi connectivity index (χ4n) is 5.34. The molecule has 4 aromatic carbocycles. The van der Waals surface area contributed by atoms with Crippen molar-refractivity contribution < 1.29 is 48.2 Å². The van der Waals surface area contributed by atoms with Gasteiger partial charge in [0.05, 0.1) is 36.4 Å². The van der Waals surface area contributed by atoms with Crippen molar-refractivity contribution in [2.75, 3.05) is 38.0 Å². The van der Waals surface area contributed by atoms with E-state index in [0.29, 0.717) is 5.56 Å². The molecule has 0 aliphatic rings. The second-order valence-corrected chi connectivity index (χ2v) is 14.5. The summed E-state index contributed by atoms with van der Waals surface area (Å²) in [6.07, 6.45) is 1.80. The van der Waals surface area contributed by atoms with Crippen molar-refractivity contribution in [1.29, 1.82) is 0 Å². The van der Waals surface area contributed by atoms with Crippen molar-refractivity contribution in [2.24, 2.45) is 0 Å². The van der Waals surface area contributed by atoms with Gasteiger partial charge in [-0.05, 0) is 60.2 Å². The van der Waals surface area contributed by atoms with Gasteiger partial charge in [0.15, 0.2) is 22.9 Å². The molecule has 0 saturated heterocycles. The van der Waals surface area contributed by atoms with Crippen LogP contribution in [0.3, 0.4) is 0 Å². The number of aromatic nitrogens is 1. The highest BCUT2D eigenvalue weighted by Crippen LogP contribution is 2.47. The third-order valence-electron chi connectivity index (χ3n) is 7.61. The Kier molecular flexibility index (Phi) is 8.32. The molecule has 0 bridgehead atoms. The third-order valence-corrected chi connectivity index (χ3v) is 9.29. The second kappa shape index (κ2) is 12.2. The smallest absolute Gasteiger partial charge is 0.306 e. The molecular weight excluding hydrogens is 685 g/mol. The van der Waals surface area contributed by atoms with E-state index in [1.165, 1.54) is 87.9 Å². The topological polar surface area (TPSA) is 158 Å². The lowest BCUT2D eigenvalue weighted by Gasteiger charge is -2.22. The molecule has 6 rings (SSSR count). The first-order valence-corrected chi connectivity index (χ1v) is 18.0. The normalized spacial score (nSPS) is 12.0. The maximum atomic E-state index is 14.6.